The van der Waals surface area contributed by atoms with Gasteiger partial charge in [0.25, 0.3) is 0 Å². The van der Waals surface area contributed by atoms with Crippen LogP contribution in [0.5, 0.6) is 0 Å². The van der Waals surface area contributed by atoms with Crippen LogP contribution in [-0.4, -0.2) is 28.8 Å². The lowest BCUT2D eigenvalue weighted by Gasteiger charge is -2.12. The number of nitrogens with zero attached hydrogens (tertiary/aromatic N) is 1. The van der Waals surface area contributed by atoms with Crippen LogP contribution in [0.1, 0.15) is 37.4 Å². The van der Waals surface area contributed by atoms with Crippen LogP contribution in [0.3, 0.4) is 0 Å². The summed E-state index contributed by atoms with van der Waals surface area (Å²) in [7, 11) is 0. The molecule has 0 bridgehead atoms. The second-order valence-electron chi connectivity index (χ2n) is 4.35. The number of aliphatic hydroxyl groups is 1. The summed E-state index contributed by atoms with van der Waals surface area (Å²) in [4.78, 5) is 11.7. The molecule has 2 N–H and O–H groups in total. The maximum atomic E-state index is 11.7. The summed E-state index contributed by atoms with van der Waals surface area (Å²) in [6, 6.07) is 0.0729. The van der Waals surface area contributed by atoms with Gasteiger partial charge < -0.3 is 14.9 Å². The maximum absolute atomic E-state index is 11.7. The van der Waals surface area contributed by atoms with E-state index in [4.69, 9.17) is 21.2 Å². The third kappa shape index (κ3) is 4.66. The first-order valence-corrected chi connectivity index (χ1v) is 6.43. The van der Waals surface area contributed by atoms with Crippen molar-refractivity contribution < 1.29 is 14.4 Å². The number of halogens is 1. The van der Waals surface area contributed by atoms with E-state index in [1.165, 1.54) is 0 Å². The van der Waals surface area contributed by atoms with Crippen LogP contribution >= 0.6 is 11.6 Å². The molecule has 0 saturated heterocycles. The third-order valence-corrected chi connectivity index (χ3v) is 3.04. The zero-order chi connectivity index (χ0) is 13.5. The largest absolute Gasteiger partial charge is 0.396 e. The Morgan fingerprint density at radius 3 is 2.89 bits per heavy atom. The summed E-state index contributed by atoms with van der Waals surface area (Å²) in [5.41, 5.74) is 1.51. The number of rotatable bonds is 7. The number of carbonyl (C=O) groups excluding carboxylic acids is 1. The number of amides is 1. The molecule has 0 aromatic carbocycles. The Morgan fingerprint density at radius 2 is 2.33 bits per heavy atom. The van der Waals surface area contributed by atoms with Gasteiger partial charge >= 0.3 is 0 Å². The van der Waals surface area contributed by atoms with Crippen LogP contribution < -0.4 is 5.32 Å². The molecular weight excluding hydrogens is 256 g/mol. The molecule has 1 aromatic rings. The van der Waals surface area contributed by atoms with E-state index >= 15 is 0 Å². The van der Waals surface area contributed by atoms with Gasteiger partial charge in [0.05, 0.1) is 5.69 Å². The van der Waals surface area contributed by atoms with Gasteiger partial charge in [0, 0.05) is 24.6 Å². The zero-order valence-corrected chi connectivity index (χ0v) is 11.5. The average molecular weight is 275 g/mol. The van der Waals surface area contributed by atoms with Crippen molar-refractivity contribution in [2.24, 2.45) is 0 Å². The van der Waals surface area contributed by atoms with Crippen LogP contribution in [0, 0.1) is 6.92 Å². The van der Waals surface area contributed by atoms with Gasteiger partial charge in [-0.25, -0.2) is 0 Å². The van der Waals surface area contributed by atoms with Crippen molar-refractivity contribution in [2.45, 2.75) is 45.6 Å². The molecule has 0 aliphatic rings. The second kappa shape index (κ2) is 7.38. The molecule has 5 nitrogen and oxygen atoms in total. The minimum absolute atomic E-state index is 0.0305. The molecule has 1 atom stereocenters. The van der Waals surface area contributed by atoms with E-state index in [1.807, 2.05) is 6.92 Å². The van der Waals surface area contributed by atoms with Crippen molar-refractivity contribution in [1.82, 2.24) is 10.5 Å². The molecule has 102 valence electrons. The lowest BCUT2D eigenvalue weighted by molar-refractivity contribution is -0.121. The first-order valence-electron chi connectivity index (χ1n) is 6.05. The molecule has 6 heteroatoms. The topological polar surface area (TPSA) is 75.4 Å². The van der Waals surface area contributed by atoms with Crippen LogP contribution in [0.2, 0.25) is 5.22 Å². The van der Waals surface area contributed by atoms with E-state index in [2.05, 4.69) is 10.5 Å². The molecule has 0 aliphatic heterocycles. The number of aryl methyl sites for hydroxylation is 1. The van der Waals surface area contributed by atoms with Gasteiger partial charge in [-0.3, -0.25) is 4.79 Å². The lowest BCUT2D eigenvalue weighted by atomic mass is 10.1. The van der Waals surface area contributed by atoms with Gasteiger partial charge in [-0.2, -0.15) is 0 Å². The maximum Gasteiger partial charge on any atom is 0.229 e. The van der Waals surface area contributed by atoms with Crippen molar-refractivity contribution in [3.8, 4) is 0 Å². The fraction of sp³-hybridized carbons (Fsp3) is 0.667. The Hall–Kier alpha value is -1.07. The Balaban J connectivity index is 2.33. The predicted molar refractivity (Wildman–Crippen MR) is 68.5 cm³/mol. The van der Waals surface area contributed by atoms with Crippen LogP contribution in [0.4, 0.5) is 0 Å². The molecule has 1 unspecified atom stereocenters. The molecule has 1 aromatic heterocycles. The highest BCUT2D eigenvalue weighted by molar-refractivity contribution is 6.29. The zero-order valence-electron chi connectivity index (χ0n) is 10.7. The molecule has 0 fully saturated rings. The SMILES string of the molecule is Cc1noc(Cl)c1CCC(=O)NC(C)CCCO. The highest BCUT2D eigenvalue weighted by atomic mass is 35.5. The number of aromatic nitrogens is 1. The number of hydrogen-bond donors (Lipinski definition) is 2. The van der Waals surface area contributed by atoms with E-state index in [9.17, 15) is 4.79 Å². The average Bonchev–Trinajstić information content (AvgIpc) is 2.64. The molecule has 18 heavy (non-hydrogen) atoms. The van der Waals surface area contributed by atoms with E-state index in [0.29, 0.717) is 19.3 Å². The molecule has 1 heterocycles. The first-order chi connectivity index (χ1) is 8.54. The summed E-state index contributed by atoms with van der Waals surface area (Å²) in [5, 5.41) is 15.6. The van der Waals surface area contributed by atoms with E-state index in [0.717, 1.165) is 17.7 Å². The molecule has 1 rings (SSSR count). The van der Waals surface area contributed by atoms with Gasteiger partial charge in [0.15, 0.2) is 0 Å². The van der Waals surface area contributed by atoms with Gasteiger partial charge in [0.2, 0.25) is 11.1 Å². The van der Waals surface area contributed by atoms with E-state index < -0.39 is 0 Å². The highest BCUT2D eigenvalue weighted by Crippen LogP contribution is 2.20. The van der Waals surface area contributed by atoms with Crippen molar-refractivity contribution in [2.75, 3.05) is 6.61 Å². The Kier molecular flexibility index (Phi) is 6.15. The molecule has 0 spiro atoms. The van der Waals surface area contributed by atoms with Crippen molar-refractivity contribution in [3.63, 3.8) is 0 Å². The van der Waals surface area contributed by atoms with Crippen LogP contribution in [0.15, 0.2) is 4.52 Å². The second-order valence-corrected chi connectivity index (χ2v) is 4.70. The van der Waals surface area contributed by atoms with E-state index in [-0.39, 0.29) is 23.8 Å². The molecule has 0 aliphatic carbocycles. The number of hydrogen-bond acceptors (Lipinski definition) is 4. The number of carbonyl (C=O) groups is 1. The van der Waals surface area contributed by atoms with Gasteiger partial charge in [-0.15, -0.1) is 0 Å². The summed E-state index contributed by atoms with van der Waals surface area (Å²) in [6.45, 7) is 3.87. The summed E-state index contributed by atoms with van der Waals surface area (Å²) in [6.07, 6.45) is 2.34. The number of nitrogens with one attached hydrogen (secondary N) is 1. The Labute approximate surface area is 111 Å². The quantitative estimate of drug-likeness (QED) is 0.796. The predicted octanol–water partition coefficient (Wildman–Crippen LogP) is 1.85. The Morgan fingerprint density at radius 1 is 1.61 bits per heavy atom. The smallest absolute Gasteiger partial charge is 0.229 e. The standard InChI is InChI=1S/C12H19ClN2O3/c1-8(4-3-7-16)14-11(17)6-5-10-9(2)15-18-12(10)13/h8,16H,3-7H2,1-2H3,(H,14,17). The Bertz CT molecular complexity index is 373. The molecule has 0 saturated carbocycles. The highest BCUT2D eigenvalue weighted by Gasteiger charge is 2.13. The van der Waals surface area contributed by atoms with Gasteiger partial charge in [0.1, 0.15) is 0 Å². The van der Waals surface area contributed by atoms with Gasteiger partial charge in [-0.05, 0) is 44.7 Å². The molecule has 1 amide bonds. The molecular formula is C12H19ClN2O3. The normalized spacial score (nSPS) is 12.4. The van der Waals surface area contributed by atoms with Crippen molar-refractivity contribution >= 4 is 17.5 Å². The monoisotopic (exact) mass is 274 g/mol. The van der Waals surface area contributed by atoms with Crippen molar-refractivity contribution in [1.29, 1.82) is 0 Å². The van der Waals surface area contributed by atoms with Crippen LogP contribution in [0.25, 0.3) is 0 Å². The lowest BCUT2D eigenvalue weighted by Crippen LogP contribution is -2.32. The van der Waals surface area contributed by atoms with E-state index in [1.54, 1.807) is 6.92 Å². The van der Waals surface area contributed by atoms with Gasteiger partial charge in [-0.1, -0.05) is 5.16 Å². The fourth-order valence-electron chi connectivity index (χ4n) is 1.70. The summed E-state index contributed by atoms with van der Waals surface area (Å²) < 4.78 is 4.82. The minimum Gasteiger partial charge on any atom is -0.396 e. The fourth-order valence-corrected chi connectivity index (χ4v) is 1.96. The minimum atomic E-state index is -0.0305. The first kappa shape index (κ1) is 15.0. The van der Waals surface area contributed by atoms with Crippen LogP contribution in [-0.2, 0) is 11.2 Å². The summed E-state index contributed by atoms with van der Waals surface area (Å²) in [5.74, 6) is -0.0305. The number of aliphatic hydroxyl groups excluding tert-OH is 1. The third-order valence-electron chi connectivity index (χ3n) is 2.74. The molecule has 0 radical (unpaired) electrons. The van der Waals surface area contributed by atoms with Crippen molar-refractivity contribution in [3.05, 3.63) is 16.5 Å². The summed E-state index contributed by atoms with van der Waals surface area (Å²) >= 11 is 5.81.